The maximum absolute atomic E-state index is 11.9. The molecule has 2 atom stereocenters. The monoisotopic (exact) mass is 343 g/mol. The third kappa shape index (κ3) is 6.31. The van der Waals surface area contributed by atoms with Crippen LogP contribution in [0, 0.1) is 12.8 Å². The number of carbonyl (C=O) groups excluding carboxylic acids is 2. The molecule has 3 N–H and O–H groups in total. The van der Waals surface area contributed by atoms with Gasteiger partial charge in [-0.05, 0) is 19.8 Å². The molecular formula is C14H21N3O5S. The summed E-state index contributed by atoms with van der Waals surface area (Å²) < 4.78 is 4.84. The molecular weight excluding hydrogens is 322 g/mol. The predicted octanol–water partition coefficient (Wildman–Crippen LogP) is 1.27. The van der Waals surface area contributed by atoms with E-state index in [0.29, 0.717) is 11.6 Å². The van der Waals surface area contributed by atoms with Gasteiger partial charge >= 0.3 is 5.97 Å². The topological polar surface area (TPSA) is 122 Å². The number of amides is 2. The molecule has 1 aromatic rings. The van der Waals surface area contributed by atoms with Crippen molar-refractivity contribution >= 4 is 35.4 Å². The Morgan fingerprint density at radius 1 is 1.35 bits per heavy atom. The molecule has 0 fully saturated rings. The smallest absolute Gasteiger partial charge is 0.326 e. The third-order valence-corrected chi connectivity index (χ3v) is 4.11. The van der Waals surface area contributed by atoms with Crippen LogP contribution >= 0.6 is 11.8 Å². The van der Waals surface area contributed by atoms with E-state index in [2.05, 4.69) is 15.8 Å². The van der Waals surface area contributed by atoms with Gasteiger partial charge < -0.3 is 20.3 Å². The average Bonchev–Trinajstić information content (AvgIpc) is 2.86. The summed E-state index contributed by atoms with van der Waals surface area (Å²) in [7, 11) is 0. The van der Waals surface area contributed by atoms with E-state index in [0.717, 1.165) is 11.8 Å². The zero-order valence-corrected chi connectivity index (χ0v) is 14.3. The Kier molecular flexibility index (Phi) is 7.08. The van der Waals surface area contributed by atoms with E-state index in [4.69, 9.17) is 9.63 Å². The highest BCUT2D eigenvalue weighted by Gasteiger charge is 2.24. The maximum Gasteiger partial charge on any atom is 0.326 e. The molecule has 0 bridgehead atoms. The highest BCUT2D eigenvalue weighted by molar-refractivity contribution is 8.01. The standard InChI is InChI=1S/C14H21N3O5S/c1-7(2)12(14(20)21)16-11(18)6-23-9(4)13(19)15-10-5-8(3)22-17-10/h5,7,9,12H,6H2,1-4H3,(H,16,18)(H,20,21)(H,15,17,19)/t9-,12-/m0/s1. The van der Waals surface area contributed by atoms with E-state index in [1.54, 1.807) is 33.8 Å². The van der Waals surface area contributed by atoms with Crippen LogP contribution in [-0.4, -0.2) is 45.1 Å². The normalized spacial score (nSPS) is 13.4. The van der Waals surface area contributed by atoms with Gasteiger partial charge in [0.1, 0.15) is 11.8 Å². The van der Waals surface area contributed by atoms with Gasteiger partial charge in [0.25, 0.3) is 0 Å². The number of carboxylic acids is 1. The molecule has 2 amide bonds. The third-order valence-electron chi connectivity index (χ3n) is 2.96. The highest BCUT2D eigenvalue weighted by atomic mass is 32.2. The van der Waals surface area contributed by atoms with Crippen LogP contribution in [0.4, 0.5) is 5.82 Å². The largest absolute Gasteiger partial charge is 0.480 e. The summed E-state index contributed by atoms with van der Waals surface area (Å²) in [6, 6.07) is 0.646. The van der Waals surface area contributed by atoms with E-state index in [1.807, 2.05) is 0 Å². The van der Waals surface area contributed by atoms with Gasteiger partial charge in [0.05, 0.1) is 11.0 Å². The first-order valence-electron chi connectivity index (χ1n) is 7.08. The van der Waals surface area contributed by atoms with Gasteiger partial charge in [0, 0.05) is 6.07 Å². The second-order valence-corrected chi connectivity index (χ2v) is 6.72. The summed E-state index contributed by atoms with van der Waals surface area (Å²) in [6.45, 7) is 6.78. The summed E-state index contributed by atoms with van der Waals surface area (Å²) in [6.07, 6.45) is 0. The quantitative estimate of drug-likeness (QED) is 0.649. The molecule has 0 aliphatic carbocycles. The lowest BCUT2D eigenvalue weighted by molar-refractivity contribution is -0.142. The van der Waals surface area contributed by atoms with E-state index in [1.165, 1.54) is 0 Å². The number of carboxylic acid groups (broad SMARTS) is 1. The number of aliphatic carboxylic acids is 1. The first-order chi connectivity index (χ1) is 10.7. The molecule has 1 aromatic heterocycles. The molecule has 0 aliphatic heterocycles. The van der Waals surface area contributed by atoms with Crippen LogP contribution in [0.3, 0.4) is 0 Å². The number of nitrogens with one attached hydrogen (secondary N) is 2. The van der Waals surface area contributed by atoms with Crippen LogP contribution in [0.1, 0.15) is 26.5 Å². The maximum atomic E-state index is 11.9. The number of hydrogen-bond donors (Lipinski definition) is 3. The number of hydrogen-bond acceptors (Lipinski definition) is 6. The molecule has 9 heteroatoms. The molecule has 0 spiro atoms. The molecule has 0 radical (unpaired) electrons. The van der Waals surface area contributed by atoms with Crippen molar-refractivity contribution in [3.8, 4) is 0 Å². The molecule has 23 heavy (non-hydrogen) atoms. The minimum absolute atomic E-state index is 0.0110. The summed E-state index contributed by atoms with van der Waals surface area (Å²) in [5, 5.41) is 17.2. The predicted molar refractivity (Wildman–Crippen MR) is 86.2 cm³/mol. The first-order valence-corrected chi connectivity index (χ1v) is 8.13. The average molecular weight is 343 g/mol. The molecule has 1 rings (SSSR count). The Morgan fingerprint density at radius 2 is 2.00 bits per heavy atom. The number of aryl methyl sites for hydroxylation is 1. The molecule has 0 unspecified atom stereocenters. The van der Waals surface area contributed by atoms with Crippen LogP contribution in [0.15, 0.2) is 10.6 Å². The van der Waals surface area contributed by atoms with Gasteiger partial charge in [0.15, 0.2) is 5.82 Å². The van der Waals surface area contributed by atoms with Gasteiger partial charge in [0.2, 0.25) is 11.8 Å². The number of carbonyl (C=O) groups is 3. The lowest BCUT2D eigenvalue weighted by Gasteiger charge is -2.18. The lowest BCUT2D eigenvalue weighted by atomic mass is 10.1. The number of aromatic nitrogens is 1. The molecule has 128 valence electrons. The molecule has 8 nitrogen and oxygen atoms in total. The van der Waals surface area contributed by atoms with E-state index in [9.17, 15) is 14.4 Å². The van der Waals surface area contributed by atoms with Crippen molar-refractivity contribution in [1.82, 2.24) is 10.5 Å². The van der Waals surface area contributed by atoms with E-state index in [-0.39, 0.29) is 17.6 Å². The Labute approximate surface area is 138 Å². The minimum Gasteiger partial charge on any atom is -0.480 e. The Morgan fingerprint density at radius 3 is 2.48 bits per heavy atom. The Bertz CT molecular complexity index is 573. The van der Waals surface area contributed by atoms with Gasteiger partial charge in [-0.15, -0.1) is 11.8 Å². The van der Waals surface area contributed by atoms with Crippen molar-refractivity contribution in [2.24, 2.45) is 5.92 Å². The number of anilines is 1. The Hall–Kier alpha value is -2.03. The molecule has 0 saturated carbocycles. The van der Waals surface area contributed by atoms with E-state index < -0.39 is 23.2 Å². The summed E-state index contributed by atoms with van der Waals surface area (Å²) in [5.74, 6) is -1.16. The second-order valence-electron chi connectivity index (χ2n) is 5.39. The molecule has 0 saturated heterocycles. The van der Waals surface area contributed by atoms with Gasteiger partial charge in [-0.3, -0.25) is 9.59 Å². The lowest BCUT2D eigenvalue weighted by Crippen LogP contribution is -2.45. The second kappa shape index (κ2) is 8.56. The zero-order valence-electron chi connectivity index (χ0n) is 13.5. The molecule has 0 aromatic carbocycles. The van der Waals surface area contributed by atoms with Crippen molar-refractivity contribution in [2.75, 3.05) is 11.1 Å². The van der Waals surface area contributed by atoms with Crippen molar-refractivity contribution in [2.45, 2.75) is 39.0 Å². The first kappa shape index (κ1) is 19.0. The van der Waals surface area contributed by atoms with Gasteiger partial charge in [-0.25, -0.2) is 4.79 Å². The van der Waals surface area contributed by atoms with Crippen molar-refractivity contribution in [3.05, 3.63) is 11.8 Å². The fourth-order valence-corrected chi connectivity index (χ4v) is 2.35. The summed E-state index contributed by atoms with van der Waals surface area (Å²) >= 11 is 1.11. The number of thioether (sulfide) groups is 1. The molecule has 0 aliphatic rings. The highest BCUT2D eigenvalue weighted by Crippen LogP contribution is 2.14. The number of nitrogens with zero attached hydrogens (tertiary/aromatic N) is 1. The van der Waals surface area contributed by atoms with Gasteiger partial charge in [-0.2, -0.15) is 0 Å². The van der Waals surface area contributed by atoms with E-state index >= 15 is 0 Å². The van der Waals surface area contributed by atoms with Crippen LogP contribution < -0.4 is 10.6 Å². The SMILES string of the molecule is Cc1cc(NC(=O)[C@H](C)SCC(=O)N[C@H](C(=O)O)C(C)C)no1. The minimum atomic E-state index is -1.08. The Balaban J connectivity index is 2.42. The fourth-order valence-electron chi connectivity index (χ4n) is 1.66. The van der Waals surface area contributed by atoms with Gasteiger partial charge in [-0.1, -0.05) is 19.0 Å². The molecule has 1 heterocycles. The van der Waals surface area contributed by atoms with Crippen LogP contribution in [0.25, 0.3) is 0 Å². The number of rotatable bonds is 8. The van der Waals surface area contributed by atoms with Crippen molar-refractivity contribution in [3.63, 3.8) is 0 Å². The summed E-state index contributed by atoms with van der Waals surface area (Å²) in [5.41, 5.74) is 0. The fraction of sp³-hybridized carbons (Fsp3) is 0.571. The zero-order chi connectivity index (χ0) is 17.6. The van der Waals surface area contributed by atoms with Crippen molar-refractivity contribution < 1.29 is 24.0 Å². The van der Waals surface area contributed by atoms with Crippen LogP contribution in [0.5, 0.6) is 0 Å². The van der Waals surface area contributed by atoms with Crippen LogP contribution in [-0.2, 0) is 14.4 Å². The van der Waals surface area contributed by atoms with Crippen molar-refractivity contribution in [1.29, 1.82) is 0 Å². The van der Waals surface area contributed by atoms with Crippen LogP contribution in [0.2, 0.25) is 0 Å². The summed E-state index contributed by atoms with van der Waals surface area (Å²) in [4.78, 5) is 34.8.